The molecule has 2 nitrogen and oxygen atoms in total. The Bertz CT molecular complexity index is 286. The second-order valence-corrected chi connectivity index (χ2v) is 3.36. The molecule has 0 N–H and O–H groups in total. The molecule has 1 rings (SSSR count). The van der Waals surface area contributed by atoms with Gasteiger partial charge in [-0.1, -0.05) is 23.7 Å². The van der Waals surface area contributed by atoms with Gasteiger partial charge in [-0.15, -0.1) is 0 Å². The van der Waals surface area contributed by atoms with Gasteiger partial charge in [-0.3, -0.25) is 0 Å². The van der Waals surface area contributed by atoms with Crippen molar-refractivity contribution in [2.24, 2.45) is 0 Å². The van der Waals surface area contributed by atoms with Crippen molar-refractivity contribution < 1.29 is 9.84 Å². The third-order valence-corrected chi connectivity index (χ3v) is 2.31. The van der Waals surface area contributed by atoms with Crippen LogP contribution in [0.1, 0.15) is 11.1 Å². The molecule has 1 aromatic carbocycles. The van der Waals surface area contributed by atoms with Gasteiger partial charge in [-0.25, -0.2) is 5.11 Å². The lowest BCUT2D eigenvalue weighted by Crippen LogP contribution is -2.10. The lowest BCUT2D eigenvalue weighted by molar-refractivity contribution is -0.117. The molecule has 0 aliphatic carbocycles. The van der Waals surface area contributed by atoms with Gasteiger partial charge < -0.3 is 4.74 Å². The first-order chi connectivity index (χ1) is 6.13. The first kappa shape index (κ1) is 10.5. The Morgan fingerprint density at radius 1 is 1.54 bits per heavy atom. The van der Waals surface area contributed by atoms with Crippen molar-refractivity contribution in [3.8, 4) is 0 Å². The van der Waals surface area contributed by atoms with Gasteiger partial charge in [-0.2, -0.15) is 0 Å². The number of hydrogen-bond donors (Lipinski definition) is 0. The van der Waals surface area contributed by atoms with Crippen molar-refractivity contribution in [3.63, 3.8) is 0 Å². The zero-order valence-corrected chi connectivity index (χ0v) is 8.47. The van der Waals surface area contributed by atoms with E-state index in [4.69, 9.17) is 11.6 Å². The number of hydrogen-bond acceptors (Lipinski definition) is 1. The molecule has 0 bridgehead atoms. The van der Waals surface area contributed by atoms with Crippen LogP contribution in [0.25, 0.3) is 0 Å². The molecule has 0 saturated heterocycles. The number of aryl methyl sites for hydroxylation is 1. The van der Waals surface area contributed by atoms with E-state index in [1.165, 1.54) is 7.11 Å². The first-order valence-corrected chi connectivity index (χ1v) is 4.45. The maximum atomic E-state index is 11.0. The second-order valence-electron chi connectivity index (χ2n) is 2.95. The van der Waals surface area contributed by atoms with Crippen LogP contribution in [-0.2, 0) is 16.3 Å². The Labute approximate surface area is 83.1 Å². The molecule has 3 heteroatoms. The van der Waals surface area contributed by atoms with Gasteiger partial charge in [0.1, 0.15) is 0 Å². The maximum absolute atomic E-state index is 11.0. The summed E-state index contributed by atoms with van der Waals surface area (Å²) in [7, 11) is 1.42. The summed E-state index contributed by atoms with van der Waals surface area (Å²) >= 11 is 5.84. The van der Waals surface area contributed by atoms with E-state index >= 15 is 0 Å². The molecular weight excluding hydrogens is 188 g/mol. The average Bonchev–Trinajstić information content (AvgIpc) is 2.11. The quantitative estimate of drug-likeness (QED) is 0.688. The summed E-state index contributed by atoms with van der Waals surface area (Å²) < 4.78 is 4.64. The molecule has 1 unspecified atom stereocenters. The summed E-state index contributed by atoms with van der Waals surface area (Å²) in [5.41, 5.74) is 1.95. The third-order valence-electron chi connectivity index (χ3n) is 1.89. The highest BCUT2D eigenvalue weighted by atomic mass is 35.5. The number of ether oxygens (including phenoxy) is 1. The Balaban J connectivity index is 2.73. The molecule has 1 atom stereocenters. The van der Waals surface area contributed by atoms with Crippen LogP contribution >= 0.6 is 11.6 Å². The molecule has 71 valence electrons. The third kappa shape index (κ3) is 2.99. The van der Waals surface area contributed by atoms with E-state index in [9.17, 15) is 5.11 Å². The fourth-order valence-corrected chi connectivity index (χ4v) is 1.23. The zero-order valence-electron chi connectivity index (χ0n) is 7.71. The van der Waals surface area contributed by atoms with E-state index in [2.05, 4.69) is 4.74 Å². The topological polar surface area (TPSA) is 29.1 Å². The second kappa shape index (κ2) is 4.61. The van der Waals surface area contributed by atoms with Crippen LogP contribution in [0, 0.1) is 6.92 Å². The van der Waals surface area contributed by atoms with Crippen molar-refractivity contribution in [3.05, 3.63) is 34.3 Å². The minimum Gasteiger partial charge on any atom is -0.353 e. The van der Waals surface area contributed by atoms with Gasteiger partial charge in [0.15, 0.2) is 6.29 Å². The van der Waals surface area contributed by atoms with Crippen molar-refractivity contribution >= 4 is 11.6 Å². The summed E-state index contributed by atoms with van der Waals surface area (Å²) in [6.45, 7) is 1.92. The number of methoxy groups -OCH3 is 1. The smallest absolute Gasteiger partial charge is 0.195 e. The van der Waals surface area contributed by atoms with E-state index in [1.54, 1.807) is 6.07 Å². The highest BCUT2D eigenvalue weighted by Crippen LogP contribution is 2.17. The molecule has 0 aliphatic rings. The number of rotatable bonds is 3. The van der Waals surface area contributed by atoms with E-state index < -0.39 is 6.29 Å². The van der Waals surface area contributed by atoms with E-state index in [0.717, 1.165) is 16.1 Å². The van der Waals surface area contributed by atoms with Gasteiger partial charge in [-0.05, 0) is 24.1 Å². The molecule has 0 aromatic heterocycles. The number of benzene rings is 1. The summed E-state index contributed by atoms with van der Waals surface area (Å²) in [6.07, 6.45) is -0.602. The van der Waals surface area contributed by atoms with Crippen molar-refractivity contribution in [2.45, 2.75) is 19.6 Å². The highest BCUT2D eigenvalue weighted by Gasteiger charge is 2.05. The maximum Gasteiger partial charge on any atom is 0.195 e. The lowest BCUT2D eigenvalue weighted by Gasteiger charge is -2.07. The van der Waals surface area contributed by atoms with Crippen LogP contribution in [0.2, 0.25) is 5.02 Å². The van der Waals surface area contributed by atoms with E-state index in [1.807, 2.05) is 19.1 Å². The van der Waals surface area contributed by atoms with Crippen LogP contribution in [0.4, 0.5) is 0 Å². The summed E-state index contributed by atoms with van der Waals surface area (Å²) in [5, 5.41) is 11.7. The Morgan fingerprint density at radius 2 is 2.23 bits per heavy atom. The summed E-state index contributed by atoms with van der Waals surface area (Å²) in [5.74, 6) is 0. The molecule has 1 aromatic rings. The first-order valence-electron chi connectivity index (χ1n) is 4.07. The summed E-state index contributed by atoms with van der Waals surface area (Å²) in [6, 6.07) is 5.56. The molecule has 0 heterocycles. The zero-order chi connectivity index (χ0) is 9.84. The Hall–Kier alpha value is -0.570. The van der Waals surface area contributed by atoms with Gasteiger partial charge in [0, 0.05) is 18.6 Å². The largest absolute Gasteiger partial charge is 0.353 e. The van der Waals surface area contributed by atoms with Crippen LogP contribution in [0.3, 0.4) is 0 Å². The van der Waals surface area contributed by atoms with Gasteiger partial charge in [0.05, 0.1) is 0 Å². The standard InChI is InChI=1S/C10H12ClO2/c1-7-5-8(3-4-9(7)11)6-10(12)13-2/h3-5,10H,6H2,1-2H3. The molecule has 0 spiro atoms. The molecule has 0 amide bonds. The predicted molar refractivity (Wildman–Crippen MR) is 51.4 cm³/mol. The van der Waals surface area contributed by atoms with Gasteiger partial charge >= 0.3 is 0 Å². The molecule has 0 aliphatic heterocycles. The van der Waals surface area contributed by atoms with Crippen LogP contribution in [0.15, 0.2) is 18.2 Å². The molecule has 1 radical (unpaired) electrons. The van der Waals surface area contributed by atoms with Crippen molar-refractivity contribution in [2.75, 3.05) is 7.11 Å². The minimum absolute atomic E-state index is 0.383. The molecule has 0 saturated carbocycles. The van der Waals surface area contributed by atoms with Crippen LogP contribution in [-0.4, -0.2) is 13.4 Å². The van der Waals surface area contributed by atoms with Crippen LogP contribution < -0.4 is 0 Å². The van der Waals surface area contributed by atoms with Crippen molar-refractivity contribution in [1.29, 1.82) is 0 Å². The SMILES string of the molecule is COC([O])Cc1ccc(Cl)c(C)c1. The fraction of sp³-hybridized carbons (Fsp3) is 0.400. The average molecular weight is 200 g/mol. The van der Waals surface area contributed by atoms with Gasteiger partial charge in [0.25, 0.3) is 0 Å². The normalized spacial score (nSPS) is 12.9. The molecule has 13 heavy (non-hydrogen) atoms. The van der Waals surface area contributed by atoms with Gasteiger partial charge in [0.2, 0.25) is 0 Å². The monoisotopic (exact) mass is 199 g/mol. The minimum atomic E-state index is -0.986. The fourth-order valence-electron chi connectivity index (χ4n) is 1.11. The summed E-state index contributed by atoms with van der Waals surface area (Å²) in [4.78, 5) is 0. The Morgan fingerprint density at radius 3 is 2.77 bits per heavy atom. The van der Waals surface area contributed by atoms with Crippen molar-refractivity contribution in [1.82, 2.24) is 0 Å². The molecule has 0 fully saturated rings. The van der Waals surface area contributed by atoms with E-state index in [0.29, 0.717) is 6.42 Å². The van der Waals surface area contributed by atoms with Crippen LogP contribution in [0.5, 0.6) is 0 Å². The molecular formula is C10H12ClO2. The van der Waals surface area contributed by atoms with E-state index in [-0.39, 0.29) is 0 Å². The Kier molecular flexibility index (Phi) is 3.72. The number of halogens is 1. The lowest BCUT2D eigenvalue weighted by atomic mass is 10.1. The predicted octanol–water partition coefficient (Wildman–Crippen LogP) is 2.59. The highest BCUT2D eigenvalue weighted by molar-refractivity contribution is 6.31.